The van der Waals surface area contributed by atoms with Gasteiger partial charge in [0, 0.05) is 29.2 Å². The van der Waals surface area contributed by atoms with Gasteiger partial charge in [-0.2, -0.15) is 0 Å². The maximum atomic E-state index is 13.0. The Hall–Kier alpha value is -2.45. The molecule has 1 aliphatic rings. The van der Waals surface area contributed by atoms with Gasteiger partial charge in [0.1, 0.15) is 5.75 Å². The van der Waals surface area contributed by atoms with Gasteiger partial charge in [-0.25, -0.2) is 0 Å². The molecule has 27 heavy (non-hydrogen) atoms. The van der Waals surface area contributed by atoms with E-state index >= 15 is 0 Å². The van der Waals surface area contributed by atoms with Crippen LogP contribution in [-0.4, -0.2) is 50.9 Å². The van der Waals surface area contributed by atoms with Gasteiger partial charge in [0.15, 0.2) is 5.82 Å². The second-order valence-electron chi connectivity index (χ2n) is 6.96. The van der Waals surface area contributed by atoms with E-state index in [0.29, 0.717) is 17.9 Å². The van der Waals surface area contributed by atoms with E-state index < -0.39 is 0 Å². The van der Waals surface area contributed by atoms with Gasteiger partial charge in [-0.3, -0.25) is 9.36 Å². The fourth-order valence-corrected chi connectivity index (χ4v) is 4.48. The molecule has 4 rings (SSSR count). The Labute approximate surface area is 161 Å². The second kappa shape index (κ2) is 7.28. The van der Waals surface area contributed by atoms with Crippen molar-refractivity contribution in [3.8, 4) is 17.1 Å². The van der Waals surface area contributed by atoms with Crippen LogP contribution in [-0.2, 0) is 6.54 Å². The highest BCUT2D eigenvalue weighted by Crippen LogP contribution is 2.36. The number of hydrogen-bond acceptors (Lipinski definition) is 7. The molecular formula is C19H23N5O2S. The topological polar surface area (TPSA) is 83.3 Å². The standard InChI is InChI=1S/C19H23N5O2S/c1-3-24-18(14-6-7-15-13(16(14)25)8-10-27-15)22-21-17(19(24)26)20-12-5-4-9-23(2)11-12/h6-8,10,12,25H,3-5,9,11H2,1-2H3,(H,20,21)/t12-/m1/s1. The number of thiophene rings is 1. The third-order valence-electron chi connectivity index (χ3n) is 5.08. The van der Waals surface area contributed by atoms with E-state index in [2.05, 4.69) is 27.5 Å². The number of phenols is 1. The lowest BCUT2D eigenvalue weighted by atomic mass is 10.1. The summed E-state index contributed by atoms with van der Waals surface area (Å²) in [5, 5.41) is 25.1. The second-order valence-corrected chi connectivity index (χ2v) is 7.91. The molecule has 1 aromatic carbocycles. The van der Waals surface area contributed by atoms with Crippen molar-refractivity contribution < 1.29 is 5.11 Å². The molecule has 3 aromatic rings. The van der Waals surface area contributed by atoms with Gasteiger partial charge in [0.05, 0.1) is 5.56 Å². The molecule has 1 aliphatic heterocycles. The molecule has 0 amide bonds. The smallest absolute Gasteiger partial charge is 0.296 e. The van der Waals surface area contributed by atoms with Crippen LogP contribution in [0.4, 0.5) is 5.82 Å². The quantitative estimate of drug-likeness (QED) is 0.719. The highest BCUT2D eigenvalue weighted by atomic mass is 32.1. The lowest BCUT2D eigenvalue weighted by Crippen LogP contribution is -2.41. The Kier molecular flexibility index (Phi) is 4.84. The highest BCUT2D eigenvalue weighted by molar-refractivity contribution is 7.17. The molecule has 2 aromatic heterocycles. The summed E-state index contributed by atoms with van der Waals surface area (Å²) in [4.78, 5) is 15.2. The molecule has 3 heterocycles. The van der Waals surface area contributed by atoms with Crippen molar-refractivity contribution in [1.29, 1.82) is 0 Å². The van der Waals surface area contributed by atoms with E-state index in [1.807, 2.05) is 24.4 Å². The van der Waals surface area contributed by atoms with Crippen molar-refractivity contribution in [3.05, 3.63) is 33.9 Å². The average molecular weight is 385 g/mol. The van der Waals surface area contributed by atoms with Crippen LogP contribution in [0.2, 0.25) is 0 Å². The minimum Gasteiger partial charge on any atom is -0.507 e. The average Bonchev–Trinajstić information content (AvgIpc) is 3.14. The third-order valence-corrected chi connectivity index (χ3v) is 5.96. The van der Waals surface area contributed by atoms with Gasteiger partial charge < -0.3 is 15.3 Å². The minimum absolute atomic E-state index is 0.138. The lowest BCUT2D eigenvalue weighted by Gasteiger charge is -2.30. The molecule has 0 aliphatic carbocycles. The number of hydrogen-bond donors (Lipinski definition) is 2. The van der Waals surface area contributed by atoms with E-state index in [-0.39, 0.29) is 23.2 Å². The van der Waals surface area contributed by atoms with Crippen LogP contribution in [0.25, 0.3) is 21.5 Å². The summed E-state index contributed by atoms with van der Waals surface area (Å²) in [6.07, 6.45) is 2.10. The summed E-state index contributed by atoms with van der Waals surface area (Å²) < 4.78 is 2.56. The first-order chi connectivity index (χ1) is 13.1. The maximum absolute atomic E-state index is 13.0. The number of fused-ring (bicyclic) bond motifs is 1. The number of aromatic hydroxyl groups is 1. The highest BCUT2D eigenvalue weighted by Gasteiger charge is 2.21. The SMILES string of the molecule is CCn1c(-c2ccc3sccc3c2O)nnc(N[C@@H]2CCCN(C)C2)c1=O. The zero-order chi connectivity index (χ0) is 19.0. The van der Waals surface area contributed by atoms with Gasteiger partial charge in [-0.1, -0.05) is 0 Å². The third kappa shape index (κ3) is 3.30. The number of nitrogens with zero attached hydrogens (tertiary/aromatic N) is 4. The van der Waals surface area contributed by atoms with Gasteiger partial charge in [0.2, 0.25) is 5.82 Å². The zero-order valence-corrected chi connectivity index (χ0v) is 16.3. The van der Waals surface area contributed by atoms with E-state index in [1.165, 1.54) is 0 Å². The van der Waals surface area contributed by atoms with Crippen LogP contribution < -0.4 is 10.9 Å². The van der Waals surface area contributed by atoms with Crippen molar-refractivity contribution in [2.75, 3.05) is 25.5 Å². The largest absolute Gasteiger partial charge is 0.507 e. The maximum Gasteiger partial charge on any atom is 0.296 e. The lowest BCUT2D eigenvalue weighted by molar-refractivity contribution is 0.260. The number of phenolic OH excluding ortho intramolecular Hbond substituents is 1. The Bertz CT molecular complexity index is 1030. The summed E-state index contributed by atoms with van der Waals surface area (Å²) in [5.74, 6) is 0.802. The molecule has 1 fully saturated rings. The van der Waals surface area contributed by atoms with Crippen LogP contribution >= 0.6 is 11.3 Å². The summed E-state index contributed by atoms with van der Waals surface area (Å²) in [7, 11) is 2.08. The molecule has 0 radical (unpaired) electrons. The first kappa shape index (κ1) is 17.9. The van der Waals surface area contributed by atoms with E-state index in [1.54, 1.807) is 22.0 Å². The first-order valence-corrected chi connectivity index (χ1v) is 10.1. The summed E-state index contributed by atoms with van der Waals surface area (Å²) in [6, 6.07) is 5.80. The van der Waals surface area contributed by atoms with Crippen LogP contribution in [0.15, 0.2) is 28.4 Å². The molecule has 0 bridgehead atoms. The summed E-state index contributed by atoms with van der Waals surface area (Å²) in [5.41, 5.74) is 0.317. The van der Waals surface area contributed by atoms with Crippen molar-refractivity contribution in [2.45, 2.75) is 32.4 Å². The van der Waals surface area contributed by atoms with Crippen LogP contribution in [0, 0.1) is 0 Å². The fourth-order valence-electron chi connectivity index (χ4n) is 3.69. The van der Waals surface area contributed by atoms with Crippen molar-refractivity contribution >= 4 is 27.2 Å². The predicted octanol–water partition coefficient (Wildman–Crippen LogP) is 2.75. The molecule has 1 atom stereocenters. The van der Waals surface area contributed by atoms with Crippen LogP contribution in [0.1, 0.15) is 19.8 Å². The number of rotatable bonds is 4. The predicted molar refractivity (Wildman–Crippen MR) is 109 cm³/mol. The van der Waals surface area contributed by atoms with E-state index in [4.69, 9.17) is 0 Å². The van der Waals surface area contributed by atoms with Gasteiger partial charge in [-0.05, 0) is 56.9 Å². The number of likely N-dealkylation sites (tertiary alicyclic amines) is 1. The minimum atomic E-state index is -0.208. The van der Waals surface area contributed by atoms with Crippen molar-refractivity contribution in [3.63, 3.8) is 0 Å². The normalized spacial score (nSPS) is 18.1. The molecule has 7 nitrogen and oxygen atoms in total. The molecule has 0 unspecified atom stereocenters. The number of aromatic nitrogens is 3. The molecular weight excluding hydrogens is 362 g/mol. The Morgan fingerprint density at radius 3 is 2.96 bits per heavy atom. The first-order valence-electron chi connectivity index (χ1n) is 9.20. The van der Waals surface area contributed by atoms with Gasteiger partial charge in [-0.15, -0.1) is 21.5 Å². The zero-order valence-electron chi connectivity index (χ0n) is 15.5. The van der Waals surface area contributed by atoms with Crippen LogP contribution in [0.5, 0.6) is 5.75 Å². The Morgan fingerprint density at radius 1 is 1.33 bits per heavy atom. The fraction of sp³-hybridized carbons (Fsp3) is 0.421. The summed E-state index contributed by atoms with van der Waals surface area (Å²) in [6.45, 7) is 4.30. The summed E-state index contributed by atoms with van der Waals surface area (Å²) >= 11 is 1.56. The van der Waals surface area contributed by atoms with E-state index in [0.717, 1.165) is 36.0 Å². The number of piperidine rings is 1. The molecule has 8 heteroatoms. The van der Waals surface area contributed by atoms with E-state index in [9.17, 15) is 9.90 Å². The van der Waals surface area contributed by atoms with Crippen molar-refractivity contribution in [2.24, 2.45) is 0 Å². The van der Waals surface area contributed by atoms with Gasteiger partial charge >= 0.3 is 0 Å². The molecule has 1 saturated heterocycles. The number of likely N-dealkylation sites (N-methyl/N-ethyl adjacent to an activating group) is 1. The molecule has 142 valence electrons. The number of nitrogens with one attached hydrogen (secondary N) is 1. The number of benzene rings is 1. The molecule has 2 N–H and O–H groups in total. The monoisotopic (exact) mass is 385 g/mol. The Balaban J connectivity index is 1.73. The molecule has 0 spiro atoms. The molecule has 0 saturated carbocycles. The van der Waals surface area contributed by atoms with Crippen molar-refractivity contribution in [1.82, 2.24) is 19.7 Å². The number of anilines is 1. The van der Waals surface area contributed by atoms with Gasteiger partial charge in [0.25, 0.3) is 5.56 Å². The van der Waals surface area contributed by atoms with Crippen LogP contribution in [0.3, 0.4) is 0 Å². The Morgan fingerprint density at radius 2 is 2.19 bits per heavy atom.